The molecule has 2 aliphatic heterocycles. The summed E-state index contributed by atoms with van der Waals surface area (Å²) in [7, 11) is 1.61. The third-order valence-electron chi connectivity index (χ3n) is 5.97. The van der Waals surface area contributed by atoms with Crippen molar-refractivity contribution in [3.63, 3.8) is 0 Å². The van der Waals surface area contributed by atoms with E-state index >= 15 is 0 Å². The standard InChI is InChI=1S/C23H27N5O4/c1-14-17-11-20(30)28(13-16-7-4-5-9-19(16)32-3)23(17)26-22(25-14)18-8-6-10-27(18)21(31)12-24-15(2)29/h4-5,7,9,18H,6,8,10-13H2,1-3H3,(H,24,29). The number of aryl methyl sites for hydroxylation is 1. The molecule has 0 aliphatic carbocycles. The lowest BCUT2D eigenvalue weighted by molar-refractivity contribution is -0.133. The largest absolute Gasteiger partial charge is 0.496 e. The molecule has 1 fully saturated rings. The molecule has 1 aromatic carbocycles. The number of hydrogen-bond acceptors (Lipinski definition) is 6. The zero-order valence-electron chi connectivity index (χ0n) is 18.6. The van der Waals surface area contributed by atoms with Crippen LogP contribution in [0.5, 0.6) is 5.75 Å². The van der Waals surface area contributed by atoms with Crippen molar-refractivity contribution in [2.45, 2.75) is 45.7 Å². The monoisotopic (exact) mass is 437 g/mol. The van der Waals surface area contributed by atoms with Crippen LogP contribution in [0.25, 0.3) is 0 Å². The number of carbonyl (C=O) groups is 3. The minimum atomic E-state index is -0.274. The van der Waals surface area contributed by atoms with Crippen molar-refractivity contribution in [1.82, 2.24) is 20.2 Å². The summed E-state index contributed by atoms with van der Waals surface area (Å²) < 4.78 is 5.44. The summed E-state index contributed by atoms with van der Waals surface area (Å²) in [6, 6.07) is 7.32. The van der Waals surface area contributed by atoms with Crippen molar-refractivity contribution in [2.24, 2.45) is 0 Å². The molecular formula is C23H27N5O4. The van der Waals surface area contributed by atoms with Gasteiger partial charge in [-0.2, -0.15) is 0 Å². The van der Waals surface area contributed by atoms with Gasteiger partial charge in [-0.3, -0.25) is 19.3 Å². The van der Waals surface area contributed by atoms with E-state index in [1.807, 2.05) is 31.2 Å². The molecule has 1 atom stereocenters. The van der Waals surface area contributed by atoms with Crippen LogP contribution in [0.15, 0.2) is 24.3 Å². The minimum absolute atomic E-state index is 0.0366. The van der Waals surface area contributed by atoms with Crippen LogP contribution in [0.4, 0.5) is 5.82 Å². The molecule has 1 saturated heterocycles. The first-order valence-corrected chi connectivity index (χ1v) is 10.7. The van der Waals surface area contributed by atoms with Crippen molar-refractivity contribution in [2.75, 3.05) is 25.1 Å². The zero-order valence-corrected chi connectivity index (χ0v) is 18.6. The Morgan fingerprint density at radius 3 is 2.78 bits per heavy atom. The number of hydrogen-bond donors (Lipinski definition) is 1. The second-order valence-corrected chi connectivity index (χ2v) is 8.09. The number of likely N-dealkylation sites (tertiary alicyclic amines) is 1. The third-order valence-corrected chi connectivity index (χ3v) is 5.97. The number of fused-ring (bicyclic) bond motifs is 1. The Bertz CT molecular complexity index is 1070. The summed E-state index contributed by atoms with van der Waals surface area (Å²) in [6.45, 7) is 4.15. The van der Waals surface area contributed by atoms with E-state index in [2.05, 4.69) is 10.3 Å². The van der Waals surface area contributed by atoms with Gasteiger partial charge >= 0.3 is 0 Å². The summed E-state index contributed by atoms with van der Waals surface area (Å²) in [6.07, 6.45) is 1.83. The van der Waals surface area contributed by atoms with E-state index < -0.39 is 0 Å². The molecule has 168 valence electrons. The number of carbonyl (C=O) groups excluding carboxylic acids is 3. The number of rotatable bonds is 6. The fourth-order valence-electron chi connectivity index (χ4n) is 4.35. The first-order chi connectivity index (χ1) is 15.4. The molecule has 3 heterocycles. The quantitative estimate of drug-likeness (QED) is 0.737. The van der Waals surface area contributed by atoms with Crippen molar-refractivity contribution in [3.8, 4) is 5.75 Å². The average molecular weight is 438 g/mol. The number of aromatic nitrogens is 2. The molecule has 0 spiro atoms. The number of methoxy groups -OCH3 is 1. The normalized spacial score (nSPS) is 17.5. The van der Waals surface area contributed by atoms with E-state index in [0.29, 0.717) is 30.5 Å². The van der Waals surface area contributed by atoms with Gasteiger partial charge in [-0.05, 0) is 25.8 Å². The second-order valence-electron chi connectivity index (χ2n) is 8.09. The number of nitrogens with one attached hydrogen (secondary N) is 1. The molecular weight excluding hydrogens is 410 g/mol. The molecule has 32 heavy (non-hydrogen) atoms. The van der Waals surface area contributed by atoms with Gasteiger partial charge in [0.25, 0.3) is 0 Å². The first kappa shape index (κ1) is 21.7. The number of nitrogens with zero attached hydrogens (tertiary/aromatic N) is 4. The lowest BCUT2D eigenvalue weighted by Gasteiger charge is -2.25. The molecule has 2 aromatic rings. The highest BCUT2D eigenvalue weighted by atomic mass is 16.5. The Morgan fingerprint density at radius 2 is 2.03 bits per heavy atom. The molecule has 2 aliphatic rings. The minimum Gasteiger partial charge on any atom is -0.496 e. The summed E-state index contributed by atoms with van der Waals surface area (Å²) in [5, 5.41) is 2.56. The second kappa shape index (κ2) is 8.94. The van der Waals surface area contributed by atoms with Gasteiger partial charge < -0.3 is 15.0 Å². The molecule has 1 unspecified atom stereocenters. The van der Waals surface area contributed by atoms with Crippen LogP contribution in [0.1, 0.15) is 48.5 Å². The fourth-order valence-corrected chi connectivity index (χ4v) is 4.35. The summed E-state index contributed by atoms with van der Waals surface area (Å²) in [4.78, 5) is 49.5. The van der Waals surface area contributed by atoms with E-state index in [0.717, 1.165) is 29.7 Å². The Balaban J connectivity index is 1.63. The molecule has 1 N–H and O–H groups in total. The molecule has 4 rings (SSSR count). The summed E-state index contributed by atoms with van der Waals surface area (Å²) >= 11 is 0. The smallest absolute Gasteiger partial charge is 0.242 e. The summed E-state index contributed by atoms with van der Waals surface area (Å²) in [5.74, 6) is 1.41. The third kappa shape index (κ3) is 4.15. The van der Waals surface area contributed by atoms with Crippen LogP contribution < -0.4 is 15.0 Å². The van der Waals surface area contributed by atoms with Gasteiger partial charge in [0.05, 0.1) is 32.7 Å². The Kier molecular flexibility index (Phi) is 6.07. The maximum absolute atomic E-state index is 12.9. The Labute approximate surface area is 186 Å². The van der Waals surface area contributed by atoms with Gasteiger partial charge in [-0.15, -0.1) is 0 Å². The van der Waals surface area contributed by atoms with Gasteiger partial charge in [0.2, 0.25) is 17.7 Å². The molecule has 0 saturated carbocycles. The van der Waals surface area contributed by atoms with E-state index in [9.17, 15) is 14.4 Å². The highest BCUT2D eigenvalue weighted by Gasteiger charge is 2.36. The zero-order chi connectivity index (χ0) is 22.8. The highest BCUT2D eigenvalue weighted by molar-refractivity contribution is 6.00. The van der Waals surface area contributed by atoms with Gasteiger partial charge in [0.1, 0.15) is 11.6 Å². The lowest BCUT2D eigenvalue weighted by Crippen LogP contribution is -2.39. The first-order valence-electron chi connectivity index (χ1n) is 10.7. The maximum atomic E-state index is 12.9. The van der Waals surface area contributed by atoms with Crippen LogP contribution in [0.3, 0.4) is 0 Å². The van der Waals surface area contributed by atoms with Crippen LogP contribution in [0.2, 0.25) is 0 Å². The molecule has 9 nitrogen and oxygen atoms in total. The van der Waals surface area contributed by atoms with Gasteiger partial charge in [-0.25, -0.2) is 9.97 Å². The van der Waals surface area contributed by atoms with E-state index in [1.165, 1.54) is 6.92 Å². The number of para-hydroxylation sites is 1. The predicted octanol–water partition coefficient (Wildman–Crippen LogP) is 1.68. The lowest BCUT2D eigenvalue weighted by atomic mass is 10.1. The van der Waals surface area contributed by atoms with Crippen LogP contribution in [-0.4, -0.2) is 52.8 Å². The highest BCUT2D eigenvalue weighted by Crippen LogP contribution is 2.36. The van der Waals surface area contributed by atoms with E-state index in [4.69, 9.17) is 9.72 Å². The van der Waals surface area contributed by atoms with E-state index in [-0.39, 0.29) is 36.7 Å². The molecule has 0 radical (unpaired) electrons. The molecule has 9 heteroatoms. The van der Waals surface area contributed by atoms with Crippen molar-refractivity contribution in [3.05, 3.63) is 46.9 Å². The fraction of sp³-hybridized carbons (Fsp3) is 0.435. The van der Waals surface area contributed by atoms with Crippen molar-refractivity contribution < 1.29 is 19.1 Å². The number of benzene rings is 1. The number of ether oxygens (including phenoxy) is 1. The Morgan fingerprint density at radius 1 is 1.25 bits per heavy atom. The number of anilines is 1. The van der Waals surface area contributed by atoms with Crippen LogP contribution >= 0.6 is 0 Å². The van der Waals surface area contributed by atoms with Crippen LogP contribution in [0, 0.1) is 6.92 Å². The van der Waals surface area contributed by atoms with Gasteiger partial charge in [0.15, 0.2) is 5.82 Å². The maximum Gasteiger partial charge on any atom is 0.242 e. The SMILES string of the molecule is COc1ccccc1CN1C(=O)Cc2c(C)nc(C3CCCN3C(=O)CNC(C)=O)nc21. The van der Waals surface area contributed by atoms with Crippen LogP contribution in [-0.2, 0) is 27.3 Å². The molecule has 3 amide bonds. The van der Waals surface area contributed by atoms with Crippen molar-refractivity contribution in [1.29, 1.82) is 0 Å². The van der Waals surface area contributed by atoms with E-state index in [1.54, 1.807) is 16.9 Å². The molecule has 1 aromatic heterocycles. The van der Waals surface area contributed by atoms with Crippen molar-refractivity contribution >= 4 is 23.5 Å². The van der Waals surface area contributed by atoms with Gasteiger partial charge in [0, 0.05) is 30.3 Å². The van der Waals surface area contributed by atoms with Gasteiger partial charge in [-0.1, -0.05) is 18.2 Å². The number of amides is 3. The topological polar surface area (TPSA) is 105 Å². The average Bonchev–Trinajstić information content (AvgIpc) is 3.38. The summed E-state index contributed by atoms with van der Waals surface area (Å²) in [5.41, 5.74) is 2.46. The molecule has 0 bridgehead atoms. The Hall–Kier alpha value is -3.49. The predicted molar refractivity (Wildman–Crippen MR) is 117 cm³/mol.